The Balaban J connectivity index is 1.66. The SMILES string of the molecule is COc1ccc(-c2ccc3c(N)c(C(=O)Nc4ccc(F)cc4F)sc3n2)cc1. The summed E-state index contributed by atoms with van der Waals surface area (Å²) in [6.07, 6.45) is 0. The number of halogens is 2. The molecule has 4 aromatic rings. The van der Waals surface area contributed by atoms with Gasteiger partial charge in [-0.05, 0) is 48.5 Å². The number of nitrogens with one attached hydrogen (secondary N) is 1. The summed E-state index contributed by atoms with van der Waals surface area (Å²) in [5.74, 6) is -1.43. The van der Waals surface area contributed by atoms with Crippen molar-refractivity contribution >= 4 is 38.8 Å². The standard InChI is InChI=1S/C21H15F2N3O2S/c1-28-13-5-2-11(3-6-13)16-9-7-14-18(24)19(29-21(14)26-16)20(27)25-17-8-4-12(22)10-15(17)23/h2-10H,24H2,1H3,(H,25,27). The molecule has 2 aromatic heterocycles. The lowest BCUT2D eigenvalue weighted by Crippen LogP contribution is -2.13. The number of fused-ring (bicyclic) bond motifs is 1. The van der Waals surface area contributed by atoms with Crippen LogP contribution >= 0.6 is 11.3 Å². The Bertz CT molecular complexity index is 1220. The van der Waals surface area contributed by atoms with Crippen molar-refractivity contribution in [3.05, 3.63) is 71.1 Å². The lowest BCUT2D eigenvalue weighted by molar-refractivity contribution is 0.103. The molecule has 2 aromatic carbocycles. The summed E-state index contributed by atoms with van der Waals surface area (Å²) in [6, 6.07) is 14.0. The van der Waals surface area contributed by atoms with E-state index in [-0.39, 0.29) is 16.3 Å². The zero-order valence-electron chi connectivity index (χ0n) is 15.2. The Morgan fingerprint density at radius 3 is 2.55 bits per heavy atom. The minimum Gasteiger partial charge on any atom is -0.497 e. The van der Waals surface area contributed by atoms with Gasteiger partial charge in [-0.25, -0.2) is 13.8 Å². The maximum absolute atomic E-state index is 13.8. The Morgan fingerprint density at radius 1 is 1.10 bits per heavy atom. The quantitative estimate of drug-likeness (QED) is 0.491. The van der Waals surface area contributed by atoms with Crippen molar-refractivity contribution in [2.45, 2.75) is 0 Å². The fourth-order valence-electron chi connectivity index (χ4n) is 2.86. The van der Waals surface area contributed by atoms with E-state index in [0.717, 1.165) is 40.5 Å². The number of rotatable bonds is 4. The molecule has 0 saturated carbocycles. The van der Waals surface area contributed by atoms with Crippen LogP contribution in [0.4, 0.5) is 20.2 Å². The lowest BCUT2D eigenvalue weighted by Gasteiger charge is -2.05. The molecule has 29 heavy (non-hydrogen) atoms. The van der Waals surface area contributed by atoms with Gasteiger partial charge < -0.3 is 15.8 Å². The zero-order chi connectivity index (χ0) is 20.5. The predicted molar refractivity (Wildman–Crippen MR) is 110 cm³/mol. The molecule has 146 valence electrons. The Morgan fingerprint density at radius 2 is 1.86 bits per heavy atom. The third kappa shape index (κ3) is 3.62. The van der Waals surface area contributed by atoms with E-state index in [0.29, 0.717) is 16.3 Å². The lowest BCUT2D eigenvalue weighted by atomic mass is 10.1. The van der Waals surface area contributed by atoms with Crippen molar-refractivity contribution in [3.8, 4) is 17.0 Å². The number of nitrogen functional groups attached to an aromatic ring is 1. The van der Waals surface area contributed by atoms with Gasteiger partial charge in [0.25, 0.3) is 5.91 Å². The van der Waals surface area contributed by atoms with E-state index in [1.165, 1.54) is 0 Å². The Hall–Kier alpha value is -3.52. The van der Waals surface area contributed by atoms with Gasteiger partial charge in [0.2, 0.25) is 0 Å². The van der Waals surface area contributed by atoms with Crippen molar-refractivity contribution in [1.29, 1.82) is 0 Å². The van der Waals surface area contributed by atoms with Crippen LogP contribution in [0.3, 0.4) is 0 Å². The largest absolute Gasteiger partial charge is 0.497 e. The maximum atomic E-state index is 13.8. The Labute approximate surface area is 168 Å². The number of nitrogens with zero attached hydrogens (tertiary/aromatic N) is 1. The van der Waals surface area contributed by atoms with Crippen LogP contribution in [0.5, 0.6) is 5.75 Å². The van der Waals surface area contributed by atoms with Crippen molar-refractivity contribution in [2.75, 3.05) is 18.2 Å². The molecule has 1 amide bonds. The van der Waals surface area contributed by atoms with E-state index in [4.69, 9.17) is 10.5 Å². The van der Waals surface area contributed by atoms with Gasteiger partial charge in [0, 0.05) is 17.0 Å². The van der Waals surface area contributed by atoms with Crippen LogP contribution in [0.15, 0.2) is 54.6 Å². The van der Waals surface area contributed by atoms with E-state index in [2.05, 4.69) is 10.3 Å². The highest BCUT2D eigenvalue weighted by molar-refractivity contribution is 7.21. The predicted octanol–water partition coefficient (Wildman–Crippen LogP) is 5.08. The number of ether oxygens (including phenoxy) is 1. The van der Waals surface area contributed by atoms with E-state index in [9.17, 15) is 13.6 Å². The van der Waals surface area contributed by atoms with E-state index < -0.39 is 17.5 Å². The van der Waals surface area contributed by atoms with Crippen LogP contribution in [0.25, 0.3) is 21.5 Å². The molecular formula is C21H15F2N3O2S. The fraction of sp³-hybridized carbons (Fsp3) is 0.0476. The summed E-state index contributed by atoms with van der Waals surface area (Å²) in [7, 11) is 1.60. The summed E-state index contributed by atoms with van der Waals surface area (Å²) in [5.41, 5.74) is 7.87. The van der Waals surface area contributed by atoms with Gasteiger partial charge >= 0.3 is 0 Å². The topological polar surface area (TPSA) is 77.2 Å². The first-order valence-electron chi connectivity index (χ1n) is 8.56. The van der Waals surface area contributed by atoms with Crippen LogP contribution in [-0.4, -0.2) is 18.0 Å². The molecular weight excluding hydrogens is 396 g/mol. The van der Waals surface area contributed by atoms with Crippen LogP contribution in [-0.2, 0) is 0 Å². The number of thiophene rings is 1. The van der Waals surface area contributed by atoms with Gasteiger partial charge in [0.1, 0.15) is 27.1 Å². The van der Waals surface area contributed by atoms with Crippen LogP contribution in [0, 0.1) is 11.6 Å². The normalized spacial score (nSPS) is 10.9. The molecule has 0 aliphatic rings. The average molecular weight is 411 g/mol. The number of aromatic nitrogens is 1. The summed E-state index contributed by atoms with van der Waals surface area (Å²) >= 11 is 1.11. The van der Waals surface area contributed by atoms with Crippen LogP contribution in [0.1, 0.15) is 9.67 Å². The molecule has 0 atom stereocenters. The number of pyridine rings is 1. The highest BCUT2D eigenvalue weighted by atomic mass is 32.1. The summed E-state index contributed by atoms with van der Waals surface area (Å²) in [4.78, 5) is 18.0. The molecule has 4 rings (SSSR count). The van der Waals surface area contributed by atoms with E-state index in [1.54, 1.807) is 13.2 Å². The molecule has 0 unspecified atom stereocenters. The van der Waals surface area contributed by atoms with Crippen molar-refractivity contribution in [3.63, 3.8) is 0 Å². The smallest absolute Gasteiger partial charge is 0.268 e. The number of hydrogen-bond donors (Lipinski definition) is 2. The molecule has 8 heteroatoms. The Kier molecular flexibility index (Phi) is 4.85. The van der Waals surface area contributed by atoms with Gasteiger partial charge in [-0.2, -0.15) is 0 Å². The molecule has 0 bridgehead atoms. The summed E-state index contributed by atoms with van der Waals surface area (Å²) in [6.45, 7) is 0. The average Bonchev–Trinajstić information content (AvgIpc) is 3.06. The van der Waals surface area contributed by atoms with Crippen molar-refractivity contribution < 1.29 is 18.3 Å². The van der Waals surface area contributed by atoms with Gasteiger partial charge in [0.05, 0.1) is 24.2 Å². The van der Waals surface area contributed by atoms with Gasteiger partial charge in [-0.15, -0.1) is 11.3 Å². The molecule has 0 aliphatic carbocycles. The first kappa shape index (κ1) is 18.8. The first-order chi connectivity index (χ1) is 14.0. The summed E-state index contributed by atoms with van der Waals surface area (Å²) in [5, 5.41) is 3.06. The number of carbonyl (C=O) groups excluding carboxylic acids is 1. The van der Waals surface area contributed by atoms with E-state index >= 15 is 0 Å². The molecule has 2 heterocycles. The minimum absolute atomic E-state index is 0.125. The van der Waals surface area contributed by atoms with E-state index in [1.807, 2.05) is 30.3 Å². The molecule has 3 N–H and O–H groups in total. The number of amides is 1. The molecule has 0 saturated heterocycles. The third-order valence-electron chi connectivity index (χ3n) is 4.37. The van der Waals surface area contributed by atoms with Crippen molar-refractivity contribution in [2.24, 2.45) is 0 Å². The molecule has 0 spiro atoms. The van der Waals surface area contributed by atoms with Gasteiger partial charge in [0.15, 0.2) is 0 Å². The van der Waals surface area contributed by atoms with Crippen molar-refractivity contribution in [1.82, 2.24) is 4.98 Å². The minimum atomic E-state index is -0.863. The second-order valence-electron chi connectivity index (χ2n) is 6.20. The number of anilines is 2. The molecule has 0 radical (unpaired) electrons. The second kappa shape index (κ2) is 7.48. The molecule has 0 aliphatic heterocycles. The summed E-state index contributed by atoms with van der Waals surface area (Å²) < 4.78 is 32.0. The number of hydrogen-bond acceptors (Lipinski definition) is 5. The highest BCUT2D eigenvalue weighted by Gasteiger charge is 2.19. The number of benzene rings is 2. The number of nitrogens with two attached hydrogens (primary N) is 1. The fourth-order valence-corrected chi connectivity index (χ4v) is 3.85. The molecule has 0 fully saturated rings. The molecule has 5 nitrogen and oxygen atoms in total. The number of methoxy groups -OCH3 is 1. The monoisotopic (exact) mass is 411 g/mol. The third-order valence-corrected chi connectivity index (χ3v) is 5.48. The highest BCUT2D eigenvalue weighted by Crippen LogP contribution is 2.35. The maximum Gasteiger partial charge on any atom is 0.268 e. The van der Waals surface area contributed by atoms with Crippen LogP contribution < -0.4 is 15.8 Å². The number of carbonyl (C=O) groups is 1. The van der Waals surface area contributed by atoms with Crippen LogP contribution in [0.2, 0.25) is 0 Å². The first-order valence-corrected chi connectivity index (χ1v) is 9.38. The van der Waals surface area contributed by atoms with Gasteiger partial charge in [-0.3, -0.25) is 4.79 Å². The zero-order valence-corrected chi connectivity index (χ0v) is 16.0. The second-order valence-corrected chi connectivity index (χ2v) is 7.20. The van der Waals surface area contributed by atoms with Gasteiger partial charge in [-0.1, -0.05) is 0 Å².